The highest BCUT2D eigenvalue weighted by Crippen LogP contribution is 2.18. The van der Waals surface area contributed by atoms with E-state index in [1.54, 1.807) is 4.31 Å². The predicted octanol–water partition coefficient (Wildman–Crippen LogP) is 1.04. The smallest absolute Gasteiger partial charge is 0.211 e. The third-order valence-electron chi connectivity index (χ3n) is 4.33. The molecule has 0 saturated carbocycles. The van der Waals surface area contributed by atoms with E-state index in [4.69, 9.17) is 0 Å². The average molecular weight is 306 g/mol. The second-order valence-corrected chi connectivity index (χ2v) is 7.91. The standard InChI is InChI=1S/C14H30N2O3S/c1-4-13(5-2)14(17)10-15-9-12-7-6-8-16(11-12)20(3,18)19/h12-15,17H,4-11H2,1-3H3. The largest absolute Gasteiger partial charge is 0.392 e. The second-order valence-electron chi connectivity index (χ2n) is 5.93. The molecule has 0 radical (unpaired) electrons. The molecule has 0 amide bonds. The fourth-order valence-electron chi connectivity index (χ4n) is 2.93. The van der Waals surface area contributed by atoms with E-state index >= 15 is 0 Å². The summed E-state index contributed by atoms with van der Waals surface area (Å²) < 4.78 is 24.7. The van der Waals surface area contributed by atoms with Crippen molar-refractivity contribution in [1.82, 2.24) is 9.62 Å². The highest BCUT2D eigenvalue weighted by molar-refractivity contribution is 7.88. The molecule has 0 aromatic carbocycles. The molecule has 1 aliphatic rings. The van der Waals surface area contributed by atoms with Crippen molar-refractivity contribution in [3.05, 3.63) is 0 Å². The highest BCUT2D eigenvalue weighted by atomic mass is 32.2. The summed E-state index contributed by atoms with van der Waals surface area (Å²) in [6.45, 7) is 6.83. The maximum absolute atomic E-state index is 11.5. The number of aliphatic hydroxyl groups is 1. The third-order valence-corrected chi connectivity index (χ3v) is 5.60. The van der Waals surface area contributed by atoms with Crippen LogP contribution in [0.15, 0.2) is 0 Å². The lowest BCUT2D eigenvalue weighted by molar-refractivity contribution is 0.0992. The van der Waals surface area contributed by atoms with Gasteiger partial charge in [0.25, 0.3) is 0 Å². The fourth-order valence-corrected chi connectivity index (χ4v) is 3.87. The van der Waals surface area contributed by atoms with Crippen molar-refractivity contribution < 1.29 is 13.5 Å². The molecule has 0 aromatic heterocycles. The maximum atomic E-state index is 11.5. The number of hydrogen-bond donors (Lipinski definition) is 2. The van der Waals surface area contributed by atoms with Crippen molar-refractivity contribution in [2.45, 2.75) is 45.6 Å². The van der Waals surface area contributed by atoms with Crippen LogP contribution in [0.4, 0.5) is 0 Å². The van der Waals surface area contributed by atoms with E-state index in [-0.39, 0.29) is 6.10 Å². The van der Waals surface area contributed by atoms with Gasteiger partial charge in [-0.25, -0.2) is 12.7 Å². The van der Waals surface area contributed by atoms with E-state index < -0.39 is 10.0 Å². The van der Waals surface area contributed by atoms with E-state index in [2.05, 4.69) is 19.2 Å². The van der Waals surface area contributed by atoms with Gasteiger partial charge in [0.15, 0.2) is 0 Å². The Labute approximate surface area is 123 Å². The van der Waals surface area contributed by atoms with Crippen LogP contribution >= 0.6 is 0 Å². The van der Waals surface area contributed by atoms with E-state index in [1.165, 1.54) is 6.26 Å². The molecule has 2 atom stereocenters. The highest BCUT2D eigenvalue weighted by Gasteiger charge is 2.25. The molecule has 2 unspecified atom stereocenters. The maximum Gasteiger partial charge on any atom is 0.211 e. The van der Waals surface area contributed by atoms with Gasteiger partial charge >= 0.3 is 0 Å². The van der Waals surface area contributed by atoms with Crippen molar-refractivity contribution in [3.8, 4) is 0 Å². The quantitative estimate of drug-likeness (QED) is 0.703. The van der Waals surface area contributed by atoms with Crippen molar-refractivity contribution in [2.75, 3.05) is 32.4 Å². The molecule has 20 heavy (non-hydrogen) atoms. The first-order valence-electron chi connectivity index (χ1n) is 7.72. The summed E-state index contributed by atoms with van der Waals surface area (Å²) in [5.74, 6) is 0.703. The van der Waals surface area contributed by atoms with E-state index in [1.807, 2.05) is 0 Å². The lowest BCUT2D eigenvalue weighted by Crippen LogP contribution is -2.43. The summed E-state index contributed by atoms with van der Waals surface area (Å²) >= 11 is 0. The first-order valence-corrected chi connectivity index (χ1v) is 9.57. The van der Waals surface area contributed by atoms with Crippen LogP contribution in [0, 0.1) is 11.8 Å². The molecule has 1 saturated heterocycles. The molecule has 1 fully saturated rings. The fraction of sp³-hybridized carbons (Fsp3) is 1.00. The molecule has 1 rings (SSSR count). The van der Waals surface area contributed by atoms with Crippen LogP contribution in [-0.2, 0) is 10.0 Å². The Kier molecular flexibility index (Phi) is 7.43. The summed E-state index contributed by atoms with van der Waals surface area (Å²) in [4.78, 5) is 0. The summed E-state index contributed by atoms with van der Waals surface area (Å²) in [5, 5.41) is 13.4. The molecule has 1 heterocycles. The van der Waals surface area contributed by atoms with Crippen molar-refractivity contribution >= 4 is 10.0 Å². The normalized spacial score (nSPS) is 23.1. The van der Waals surface area contributed by atoms with Gasteiger partial charge in [0.2, 0.25) is 10.0 Å². The topological polar surface area (TPSA) is 69.6 Å². The van der Waals surface area contributed by atoms with Crippen molar-refractivity contribution in [1.29, 1.82) is 0 Å². The van der Waals surface area contributed by atoms with Gasteiger partial charge in [0.1, 0.15) is 0 Å². The van der Waals surface area contributed by atoms with Crippen LogP contribution in [0.25, 0.3) is 0 Å². The van der Waals surface area contributed by atoms with Gasteiger partial charge in [-0.05, 0) is 31.2 Å². The first kappa shape index (κ1) is 17.9. The van der Waals surface area contributed by atoms with Crippen LogP contribution in [0.3, 0.4) is 0 Å². The number of sulfonamides is 1. The molecule has 1 aliphatic heterocycles. The zero-order valence-corrected chi connectivity index (χ0v) is 13.8. The van der Waals surface area contributed by atoms with Gasteiger partial charge in [0.05, 0.1) is 12.4 Å². The Morgan fingerprint density at radius 2 is 2.00 bits per heavy atom. The summed E-state index contributed by atoms with van der Waals surface area (Å²) in [7, 11) is -3.07. The number of piperidine rings is 1. The van der Waals surface area contributed by atoms with Crippen molar-refractivity contribution in [3.63, 3.8) is 0 Å². The van der Waals surface area contributed by atoms with Gasteiger partial charge in [-0.15, -0.1) is 0 Å². The monoisotopic (exact) mass is 306 g/mol. The van der Waals surface area contributed by atoms with Crippen LogP contribution < -0.4 is 5.32 Å². The van der Waals surface area contributed by atoms with Crippen LogP contribution in [0.1, 0.15) is 39.5 Å². The third kappa shape index (κ3) is 5.68. The number of hydrogen-bond acceptors (Lipinski definition) is 4. The lowest BCUT2D eigenvalue weighted by Gasteiger charge is -2.31. The lowest BCUT2D eigenvalue weighted by atomic mass is 9.96. The van der Waals surface area contributed by atoms with Gasteiger partial charge in [-0.2, -0.15) is 0 Å². The minimum Gasteiger partial charge on any atom is -0.392 e. The Morgan fingerprint density at radius 3 is 2.55 bits per heavy atom. The van der Waals surface area contributed by atoms with Gasteiger partial charge in [0, 0.05) is 19.6 Å². The summed E-state index contributed by atoms with van der Waals surface area (Å²) in [6.07, 6.45) is 4.93. The summed E-state index contributed by atoms with van der Waals surface area (Å²) in [5.41, 5.74) is 0. The van der Waals surface area contributed by atoms with Crippen LogP contribution in [0.2, 0.25) is 0 Å². The molecule has 6 heteroatoms. The minimum absolute atomic E-state index is 0.306. The molecule has 0 aliphatic carbocycles. The number of nitrogens with one attached hydrogen (secondary N) is 1. The second kappa shape index (κ2) is 8.32. The molecule has 5 nitrogen and oxygen atoms in total. The molecule has 2 N–H and O–H groups in total. The van der Waals surface area contributed by atoms with E-state index in [0.717, 1.165) is 32.2 Å². The molecule has 0 spiro atoms. The van der Waals surface area contributed by atoms with Gasteiger partial charge in [-0.3, -0.25) is 0 Å². The van der Waals surface area contributed by atoms with Crippen molar-refractivity contribution in [2.24, 2.45) is 11.8 Å². The average Bonchev–Trinajstić information content (AvgIpc) is 2.39. The van der Waals surface area contributed by atoms with Crippen LogP contribution in [0.5, 0.6) is 0 Å². The predicted molar refractivity (Wildman–Crippen MR) is 82.1 cm³/mol. The molecular formula is C14H30N2O3S. The van der Waals surface area contributed by atoms with Gasteiger partial charge in [-0.1, -0.05) is 26.7 Å². The SMILES string of the molecule is CCC(CC)C(O)CNCC1CCCN(S(C)(=O)=O)C1. The van der Waals surface area contributed by atoms with Crippen LogP contribution in [-0.4, -0.2) is 56.4 Å². The van der Waals surface area contributed by atoms with E-state index in [0.29, 0.717) is 31.5 Å². The molecular weight excluding hydrogens is 276 g/mol. The Hall–Kier alpha value is -0.170. The minimum atomic E-state index is -3.07. The number of nitrogens with zero attached hydrogens (tertiary/aromatic N) is 1. The zero-order valence-electron chi connectivity index (χ0n) is 13.0. The number of aliphatic hydroxyl groups excluding tert-OH is 1. The summed E-state index contributed by atoms with van der Waals surface area (Å²) in [6, 6.07) is 0. The van der Waals surface area contributed by atoms with Gasteiger partial charge < -0.3 is 10.4 Å². The first-order chi connectivity index (χ1) is 9.38. The molecule has 0 aromatic rings. The van der Waals surface area contributed by atoms with E-state index in [9.17, 15) is 13.5 Å². The molecule has 0 bridgehead atoms. The Bertz CT molecular complexity index is 369. The number of rotatable bonds is 8. The molecule has 120 valence electrons. The zero-order chi connectivity index (χ0) is 15.2. The Balaban J connectivity index is 2.31. The Morgan fingerprint density at radius 1 is 1.35 bits per heavy atom.